The van der Waals surface area contributed by atoms with Gasteiger partial charge in [-0.3, -0.25) is 5.32 Å². The Morgan fingerprint density at radius 3 is 2.75 bits per heavy atom. The van der Waals surface area contributed by atoms with Gasteiger partial charge in [0.15, 0.2) is 0 Å². The molecule has 0 spiro atoms. The molecule has 0 aliphatic heterocycles. The first kappa shape index (κ1) is 12.4. The van der Waals surface area contributed by atoms with E-state index in [1.165, 1.54) is 0 Å². The van der Waals surface area contributed by atoms with E-state index in [1.807, 2.05) is 6.07 Å². The number of nitrogens with two attached hydrogens (primary N) is 1. The minimum atomic E-state index is -0.460. The van der Waals surface area contributed by atoms with Gasteiger partial charge in [0, 0.05) is 0 Å². The Kier molecular flexibility index (Phi) is 4.64. The van der Waals surface area contributed by atoms with E-state index < -0.39 is 6.09 Å². The van der Waals surface area contributed by atoms with Crippen LogP contribution < -0.4 is 11.1 Å². The van der Waals surface area contributed by atoms with Crippen LogP contribution in [0.2, 0.25) is 0 Å². The maximum atomic E-state index is 11.4. The largest absolute Gasteiger partial charge is 0.449 e. The van der Waals surface area contributed by atoms with Gasteiger partial charge in [-0.2, -0.15) is 0 Å². The van der Waals surface area contributed by atoms with Crippen LogP contribution in [0.15, 0.2) is 24.3 Å². The van der Waals surface area contributed by atoms with Crippen molar-refractivity contribution in [3.63, 3.8) is 0 Å². The van der Waals surface area contributed by atoms with Gasteiger partial charge in [0.25, 0.3) is 0 Å². The minimum Gasteiger partial charge on any atom is -0.449 e. The summed E-state index contributed by atoms with van der Waals surface area (Å²) in [5, 5.41) is 2.60. The second-order valence-corrected chi connectivity index (χ2v) is 4.03. The summed E-state index contributed by atoms with van der Waals surface area (Å²) in [4.78, 5) is 11.4. The highest BCUT2D eigenvalue weighted by Gasteiger charge is 2.05. The number of benzene rings is 1. The molecule has 1 rings (SSSR count). The van der Waals surface area contributed by atoms with E-state index in [0.29, 0.717) is 23.9 Å². The molecule has 0 aliphatic carbocycles. The fraction of sp³-hybridized carbons (Fsp3) is 0.417. The van der Waals surface area contributed by atoms with E-state index in [4.69, 9.17) is 10.5 Å². The number of hydrogen-bond acceptors (Lipinski definition) is 3. The van der Waals surface area contributed by atoms with E-state index in [0.717, 1.165) is 6.42 Å². The topological polar surface area (TPSA) is 64.3 Å². The number of carbonyl (C=O) groups excluding carboxylic acids is 1. The van der Waals surface area contributed by atoms with Crippen molar-refractivity contribution in [3.05, 3.63) is 24.3 Å². The zero-order chi connectivity index (χ0) is 12.0. The number of anilines is 2. The summed E-state index contributed by atoms with van der Waals surface area (Å²) in [6.45, 7) is 4.59. The molecule has 0 radical (unpaired) electrons. The molecule has 4 heteroatoms. The van der Waals surface area contributed by atoms with Crippen LogP contribution in [0, 0.1) is 5.92 Å². The molecule has 0 heterocycles. The normalized spacial score (nSPS) is 10.2. The number of para-hydroxylation sites is 2. The number of nitrogen functional groups attached to an aromatic ring is 1. The number of hydrogen-bond donors (Lipinski definition) is 2. The van der Waals surface area contributed by atoms with E-state index in [1.54, 1.807) is 18.2 Å². The van der Waals surface area contributed by atoms with E-state index >= 15 is 0 Å². The summed E-state index contributed by atoms with van der Waals surface area (Å²) in [6, 6.07) is 7.08. The second-order valence-electron chi connectivity index (χ2n) is 4.03. The van der Waals surface area contributed by atoms with Crippen molar-refractivity contribution in [1.29, 1.82) is 0 Å². The lowest BCUT2D eigenvalue weighted by Gasteiger charge is -2.09. The first-order chi connectivity index (χ1) is 7.59. The van der Waals surface area contributed by atoms with Gasteiger partial charge in [0.05, 0.1) is 18.0 Å². The van der Waals surface area contributed by atoms with Crippen molar-refractivity contribution in [2.24, 2.45) is 5.92 Å². The molecule has 0 aliphatic rings. The predicted molar refractivity (Wildman–Crippen MR) is 65.3 cm³/mol. The number of nitrogens with one attached hydrogen (secondary N) is 1. The zero-order valence-corrected chi connectivity index (χ0v) is 9.69. The van der Waals surface area contributed by atoms with Crippen LogP contribution in [0.1, 0.15) is 20.3 Å². The van der Waals surface area contributed by atoms with Crippen molar-refractivity contribution >= 4 is 17.5 Å². The Hall–Kier alpha value is -1.71. The van der Waals surface area contributed by atoms with Gasteiger partial charge in [0.2, 0.25) is 0 Å². The fourth-order valence-electron chi connectivity index (χ4n) is 1.14. The second kappa shape index (κ2) is 6.00. The molecule has 0 unspecified atom stereocenters. The van der Waals surface area contributed by atoms with E-state index in [9.17, 15) is 4.79 Å². The molecule has 0 saturated heterocycles. The third-order valence-corrected chi connectivity index (χ3v) is 2.13. The predicted octanol–water partition coefficient (Wildman–Crippen LogP) is 2.86. The SMILES string of the molecule is CC(C)CCOC(=O)Nc1ccccc1N. The summed E-state index contributed by atoms with van der Waals surface area (Å²) in [6.07, 6.45) is 0.399. The Labute approximate surface area is 95.8 Å². The maximum absolute atomic E-state index is 11.4. The van der Waals surface area contributed by atoms with Gasteiger partial charge >= 0.3 is 6.09 Å². The van der Waals surface area contributed by atoms with Crippen molar-refractivity contribution in [2.45, 2.75) is 20.3 Å². The third kappa shape index (κ3) is 4.21. The highest BCUT2D eigenvalue weighted by atomic mass is 16.5. The third-order valence-electron chi connectivity index (χ3n) is 2.13. The summed E-state index contributed by atoms with van der Waals surface area (Å²) >= 11 is 0. The van der Waals surface area contributed by atoms with Gasteiger partial charge in [-0.1, -0.05) is 26.0 Å². The summed E-state index contributed by atoms with van der Waals surface area (Å²) in [7, 11) is 0. The summed E-state index contributed by atoms with van der Waals surface area (Å²) in [5.74, 6) is 0.523. The van der Waals surface area contributed by atoms with Crippen LogP contribution in [0.3, 0.4) is 0 Å². The molecular weight excluding hydrogens is 204 g/mol. The van der Waals surface area contributed by atoms with Gasteiger partial charge in [-0.25, -0.2) is 4.79 Å². The molecule has 0 aromatic heterocycles. The lowest BCUT2D eigenvalue weighted by atomic mass is 10.1. The standard InChI is InChI=1S/C12H18N2O2/c1-9(2)7-8-16-12(15)14-11-6-4-3-5-10(11)13/h3-6,9H,7-8,13H2,1-2H3,(H,14,15). The van der Waals surface area contributed by atoms with Crippen LogP contribution in [0.5, 0.6) is 0 Å². The number of amides is 1. The molecule has 88 valence electrons. The maximum Gasteiger partial charge on any atom is 0.411 e. The van der Waals surface area contributed by atoms with Crippen LogP contribution in [-0.2, 0) is 4.74 Å². The van der Waals surface area contributed by atoms with Crippen LogP contribution >= 0.6 is 0 Å². The molecule has 0 fully saturated rings. The van der Waals surface area contributed by atoms with Gasteiger partial charge in [0.1, 0.15) is 0 Å². The fourth-order valence-corrected chi connectivity index (χ4v) is 1.14. The average Bonchev–Trinajstić information content (AvgIpc) is 2.21. The lowest BCUT2D eigenvalue weighted by Crippen LogP contribution is -2.16. The molecule has 3 N–H and O–H groups in total. The molecule has 0 atom stereocenters. The van der Waals surface area contributed by atoms with E-state index in [-0.39, 0.29) is 0 Å². The van der Waals surface area contributed by atoms with Crippen LogP contribution in [0.4, 0.5) is 16.2 Å². The Bertz CT molecular complexity index is 351. The Balaban J connectivity index is 2.37. The molecular formula is C12H18N2O2. The molecule has 0 saturated carbocycles. The van der Waals surface area contributed by atoms with Crippen LogP contribution in [0.25, 0.3) is 0 Å². The number of ether oxygens (including phenoxy) is 1. The highest BCUT2D eigenvalue weighted by molar-refractivity contribution is 5.88. The quantitative estimate of drug-likeness (QED) is 0.770. The van der Waals surface area contributed by atoms with Gasteiger partial charge < -0.3 is 10.5 Å². The smallest absolute Gasteiger partial charge is 0.411 e. The Morgan fingerprint density at radius 2 is 2.12 bits per heavy atom. The molecule has 4 nitrogen and oxygen atoms in total. The van der Waals surface area contributed by atoms with E-state index in [2.05, 4.69) is 19.2 Å². The number of rotatable bonds is 4. The van der Waals surface area contributed by atoms with Gasteiger partial charge in [-0.05, 0) is 24.5 Å². The molecule has 1 aromatic carbocycles. The van der Waals surface area contributed by atoms with Crippen molar-refractivity contribution < 1.29 is 9.53 Å². The van der Waals surface area contributed by atoms with Crippen molar-refractivity contribution in [1.82, 2.24) is 0 Å². The molecule has 1 amide bonds. The molecule has 1 aromatic rings. The minimum absolute atomic E-state index is 0.427. The van der Waals surface area contributed by atoms with Gasteiger partial charge in [-0.15, -0.1) is 0 Å². The first-order valence-electron chi connectivity index (χ1n) is 5.38. The summed E-state index contributed by atoms with van der Waals surface area (Å²) in [5.41, 5.74) is 6.79. The first-order valence-corrected chi connectivity index (χ1v) is 5.38. The summed E-state index contributed by atoms with van der Waals surface area (Å²) < 4.78 is 5.01. The zero-order valence-electron chi connectivity index (χ0n) is 9.69. The number of carbonyl (C=O) groups is 1. The van der Waals surface area contributed by atoms with Crippen LogP contribution in [-0.4, -0.2) is 12.7 Å². The molecule has 0 bridgehead atoms. The van der Waals surface area contributed by atoms with Crippen molar-refractivity contribution in [2.75, 3.05) is 17.7 Å². The Morgan fingerprint density at radius 1 is 1.44 bits per heavy atom. The molecule has 16 heavy (non-hydrogen) atoms. The highest BCUT2D eigenvalue weighted by Crippen LogP contribution is 2.16. The van der Waals surface area contributed by atoms with Crippen molar-refractivity contribution in [3.8, 4) is 0 Å². The average molecular weight is 222 g/mol. The monoisotopic (exact) mass is 222 g/mol. The lowest BCUT2D eigenvalue weighted by molar-refractivity contribution is 0.155.